The Labute approximate surface area is 160 Å². The van der Waals surface area contributed by atoms with Crippen molar-refractivity contribution in [2.45, 2.75) is 59.0 Å². The van der Waals surface area contributed by atoms with Crippen LogP contribution in [-0.4, -0.2) is 71.9 Å². The highest BCUT2D eigenvalue weighted by Crippen LogP contribution is 2.20. The van der Waals surface area contributed by atoms with Gasteiger partial charge in [0.15, 0.2) is 18.3 Å². The fourth-order valence-corrected chi connectivity index (χ4v) is 2.08. The standard InChI is InChI=1S/C16H22O12/c1-7(17)24-6-12(25-8(2)18)13(26-9(3)19)14(27-10(4)20)15(16(22)23)28-11(5)21/h12-15H,6H2,1-5H3,(H,22,23)/t12-,13+,14+,15-/m0/s1. The topological polar surface area (TPSA) is 169 Å². The number of ether oxygens (including phenoxy) is 5. The van der Waals surface area contributed by atoms with E-state index in [0.717, 1.165) is 34.6 Å². The maximum absolute atomic E-state index is 11.6. The molecule has 0 radical (unpaired) electrons. The number of hydrogen-bond donors (Lipinski definition) is 1. The molecule has 0 aromatic rings. The van der Waals surface area contributed by atoms with Crippen LogP contribution in [0, 0.1) is 0 Å². The quantitative estimate of drug-likeness (QED) is 0.360. The van der Waals surface area contributed by atoms with Crippen molar-refractivity contribution in [2.24, 2.45) is 0 Å². The van der Waals surface area contributed by atoms with Crippen molar-refractivity contribution in [1.29, 1.82) is 0 Å². The zero-order valence-electron chi connectivity index (χ0n) is 16.0. The maximum atomic E-state index is 11.6. The molecule has 0 amide bonds. The average molecular weight is 406 g/mol. The molecule has 0 rings (SSSR count). The minimum absolute atomic E-state index is 0.656. The van der Waals surface area contributed by atoms with Crippen molar-refractivity contribution in [3.05, 3.63) is 0 Å². The summed E-state index contributed by atoms with van der Waals surface area (Å²) in [6.45, 7) is 4.18. The van der Waals surface area contributed by atoms with Crippen LogP contribution in [0.2, 0.25) is 0 Å². The van der Waals surface area contributed by atoms with Crippen LogP contribution in [0.3, 0.4) is 0 Å². The van der Waals surface area contributed by atoms with Gasteiger partial charge >= 0.3 is 35.8 Å². The Hall–Kier alpha value is -3.18. The van der Waals surface area contributed by atoms with Crippen LogP contribution in [0.4, 0.5) is 0 Å². The maximum Gasteiger partial charge on any atom is 0.349 e. The molecule has 0 aliphatic carbocycles. The molecule has 12 heteroatoms. The van der Waals surface area contributed by atoms with Gasteiger partial charge in [-0.2, -0.15) is 0 Å². The normalized spacial score (nSPS) is 14.5. The van der Waals surface area contributed by atoms with E-state index in [1.807, 2.05) is 0 Å². The smallest absolute Gasteiger partial charge is 0.349 e. The van der Waals surface area contributed by atoms with E-state index in [1.165, 1.54) is 0 Å². The van der Waals surface area contributed by atoms with E-state index < -0.39 is 66.8 Å². The highest BCUT2D eigenvalue weighted by atomic mass is 16.6. The Morgan fingerprint density at radius 3 is 1.43 bits per heavy atom. The molecule has 1 N–H and O–H groups in total. The first-order valence-corrected chi connectivity index (χ1v) is 7.90. The molecule has 0 saturated heterocycles. The van der Waals surface area contributed by atoms with Crippen LogP contribution >= 0.6 is 0 Å². The molecule has 12 nitrogen and oxygen atoms in total. The number of hydrogen-bond acceptors (Lipinski definition) is 11. The van der Waals surface area contributed by atoms with E-state index in [9.17, 15) is 33.9 Å². The van der Waals surface area contributed by atoms with Gasteiger partial charge in [-0.15, -0.1) is 0 Å². The highest BCUT2D eigenvalue weighted by molar-refractivity contribution is 5.78. The summed E-state index contributed by atoms with van der Waals surface area (Å²) in [6.07, 6.45) is -7.36. The summed E-state index contributed by atoms with van der Waals surface area (Å²) >= 11 is 0. The SMILES string of the molecule is CC(=O)OC[C@H](OC(C)=O)[C@@H](OC(C)=O)[C@@H](OC(C)=O)[C@H](OC(C)=O)C(=O)O. The van der Waals surface area contributed by atoms with Crippen molar-refractivity contribution >= 4 is 35.8 Å². The fraction of sp³-hybridized carbons (Fsp3) is 0.625. The monoisotopic (exact) mass is 406 g/mol. The lowest BCUT2D eigenvalue weighted by molar-refractivity contribution is -0.206. The van der Waals surface area contributed by atoms with Crippen molar-refractivity contribution in [2.75, 3.05) is 6.61 Å². The molecule has 0 spiro atoms. The van der Waals surface area contributed by atoms with Crippen LogP contribution in [-0.2, 0) is 52.5 Å². The zero-order chi connectivity index (χ0) is 22.0. The predicted octanol–water partition coefficient (Wildman–Crippen LogP) is -0.639. The van der Waals surface area contributed by atoms with E-state index in [-0.39, 0.29) is 0 Å². The first-order valence-electron chi connectivity index (χ1n) is 7.90. The second-order valence-electron chi connectivity index (χ2n) is 5.47. The van der Waals surface area contributed by atoms with Gasteiger partial charge in [-0.05, 0) is 0 Å². The van der Waals surface area contributed by atoms with E-state index in [4.69, 9.17) is 18.9 Å². The van der Waals surface area contributed by atoms with Crippen LogP contribution in [0.1, 0.15) is 34.6 Å². The number of carbonyl (C=O) groups is 6. The molecule has 0 fully saturated rings. The predicted molar refractivity (Wildman–Crippen MR) is 86.5 cm³/mol. The number of carboxylic acids is 1. The molecule has 0 aliphatic heterocycles. The Morgan fingerprint density at radius 2 is 1.07 bits per heavy atom. The van der Waals surface area contributed by atoms with E-state index >= 15 is 0 Å². The fourth-order valence-electron chi connectivity index (χ4n) is 2.08. The molecule has 0 saturated carbocycles. The van der Waals surface area contributed by atoms with Gasteiger partial charge in [-0.1, -0.05) is 0 Å². The zero-order valence-corrected chi connectivity index (χ0v) is 16.0. The minimum Gasteiger partial charge on any atom is -0.478 e. The van der Waals surface area contributed by atoms with Crippen LogP contribution in [0.5, 0.6) is 0 Å². The van der Waals surface area contributed by atoms with Crippen LogP contribution in [0.15, 0.2) is 0 Å². The first-order chi connectivity index (χ1) is 12.8. The number of carboxylic acid groups (broad SMARTS) is 1. The molecule has 0 unspecified atom stereocenters. The molecular weight excluding hydrogens is 384 g/mol. The summed E-state index contributed by atoms with van der Waals surface area (Å²) in [5, 5.41) is 9.37. The lowest BCUT2D eigenvalue weighted by Crippen LogP contribution is -2.55. The van der Waals surface area contributed by atoms with Gasteiger partial charge in [0, 0.05) is 34.6 Å². The van der Waals surface area contributed by atoms with Crippen molar-refractivity contribution in [3.63, 3.8) is 0 Å². The summed E-state index contributed by atoms with van der Waals surface area (Å²) in [5.41, 5.74) is 0. The summed E-state index contributed by atoms with van der Waals surface area (Å²) in [7, 11) is 0. The largest absolute Gasteiger partial charge is 0.478 e. The lowest BCUT2D eigenvalue weighted by atomic mass is 10.0. The van der Waals surface area contributed by atoms with Gasteiger partial charge in [0.25, 0.3) is 0 Å². The Morgan fingerprint density at radius 1 is 0.643 bits per heavy atom. The third kappa shape index (κ3) is 9.50. The van der Waals surface area contributed by atoms with Gasteiger partial charge in [0.2, 0.25) is 6.10 Å². The molecule has 0 bridgehead atoms. The van der Waals surface area contributed by atoms with Gasteiger partial charge in [0.05, 0.1) is 0 Å². The summed E-state index contributed by atoms with van der Waals surface area (Å²) < 4.78 is 24.2. The molecule has 0 aromatic heterocycles. The summed E-state index contributed by atoms with van der Waals surface area (Å²) in [4.78, 5) is 68.3. The number of esters is 5. The van der Waals surface area contributed by atoms with Gasteiger partial charge < -0.3 is 28.8 Å². The lowest BCUT2D eigenvalue weighted by Gasteiger charge is -2.33. The molecule has 4 atom stereocenters. The Balaban J connectivity index is 6.18. The number of aliphatic carboxylic acids is 1. The second kappa shape index (κ2) is 11.5. The van der Waals surface area contributed by atoms with E-state index in [1.54, 1.807) is 0 Å². The van der Waals surface area contributed by atoms with Gasteiger partial charge in [0.1, 0.15) is 6.61 Å². The minimum atomic E-state index is -2.11. The molecule has 0 heterocycles. The molecular formula is C16H22O12. The third-order valence-electron chi connectivity index (χ3n) is 2.90. The number of rotatable bonds is 10. The first kappa shape index (κ1) is 24.8. The van der Waals surface area contributed by atoms with Crippen LogP contribution in [0.25, 0.3) is 0 Å². The molecule has 0 aromatic carbocycles. The number of carbonyl (C=O) groups excluding carboxylic acids is 5. The van der Waals surface area contributed by atoms with E-state index in [2.05, 4.69) is 4.74 Å². The molecule has 158 valence electrons. The summed E-state index contributed by atoms with van der Waals surface area (Å²) in [5.74, 6) is -6.40. The molecule has 0 aliphatic rings. The van der Waals surface area contributed by atoms with Crippen LogP contribution < -0.4 is 0 Å². The average Bonchev–Trinajstić information content (AvgIpc) is 2.51. The molecule has 28 heavy (non-hydrogen) atoms. The highest BCUT2D eigenvalue weighted by Gasteiger charge is 2.47. The second-order valence-corrected chi connectivity index (χ2v) is 5.47. The Kier molecular flexibility index (Phi) is 10.2. The summed E-state index contributed by atoms with van der Waals surface area (Å²) in [6, 6.07) is 0. The van der Waals surface area contributed by atoms with Crippen molar-refractivity contribution < 1.29 is 57.6 Å². The van der Waals surface area contributed by atoms with Gasteiger partial charge in [-0.3, -0.25) is 24.0 Å². The van der Waals surface area contributed by atoms with Gasteiger partial charge in [-0.25, -0.2) is 4.79 Å². The third-order valence-corrected chi connectivity index (χ3v) is 2.90. The van der Waals surface area contributed by atoms with E-state index in [0.29, 0.717) is 0 Å². The van der Waals surface area contributed by atoms with Crippen molar-refractivity contribution in [3.8, 4) is 0 Å². The Bertz CT molecular complexity index is 625. The van der Waals surface area contributed by atoms with Crippen molar-refractivity contribution in [1.82, 2.24) is 0 Å².